The van der Waals surface area contributed by atoms with Crippen molar-refractivity contribution in [3.63, 3.8) is 0 Å². The molecule has 176 valence electrons. The highest BCUT2D eigenvalue weighted by Gasteiger charge is 2.23. The number of carbonyl (C=O) groups is 1. The number of aliphatic imine (C=N–C) groups is 1. The van der Waals surface area contributed by atoms with E-state index >= 15 is 0 Å². The third-order valence-electron chi connectivity index (χ3n) is 5.50. The summed E-state index contributed by atoms with van der Waals surface area (Å²) >= 11 is 0. The largest absolute Gasteiger partial charge is 0.386 e. The zero-order valence-electron chi connectivity index (χ0n) is 20.8. The van der Waals surface area contributed by atoms with Gasteiger partial charge in [0.2, 0.25) is 0 Å². The van der Waals surface area contributed by atoms with E-state index in [1.165, 1.54) is 6.21 Å². The number of anilines is 1. The second-order valence-corrected chi connectivity index (χ2v) is 10.1. The van der Waals surface area contributed by atoms with Crippen LogP contribution >= 0.6 is 0 Å². The Kier molecular flexibility index (Phi) is 7.84. The quantitative estimate of drug-likeness (QED) is 0.477. The van der Waals surface area contributed by atoms with Crippen molar-refractivity contribution >= 4 is 17.9 Å². The number of amides is 2. The van der Waals surface area contributed by atoms with Gasteiger partial charge < -0.3 is 15.5 Å². The number of hydrogen-bond donors (Lipinski definition) is 3. The molecule has 0 aliphatic rings. The number of nitrogens with one attached hydrogen (secondary N) is 1. The van der Waals surface area contributed by atoms with Crippen LogP contribution in [0, 0.1) is 11.3 Å². The summed E-state index contributed by atoms with van der Waals surface area (Å²) in [5.41, 5.74) is 2.59. The Morgan fingerprint density at radius 3 is 1.76 bits per heavy atom. The molecule has 0 aromatic heterocycles. The number of urea groups is 1. The van der Waals surface area contributed by atoms with Crippen molar-refractivity contribution < 1.29 is 15.0 Å². The summed E-state index contributed by atoms with van der Waals surface area (Å²) in [6.45, 7) is 14.7. The molecular formula is C27H35N3O3. The molecule has 2 aromatic carbocycles. The predicted molar refractivity (Wildman–Crippen MR) is 133 cm³/mol. The van der Waals surface area contributed by atoms with Crippen LogP contribution in [0.25, 0.3) is 0 Å². The summed E-state index contributed by atoms with van der Waals surface area (Å²) in [5, 5.41) is 33.2. The summed E-state index contributed by atoms with van der Waals surface area (Å²) < 4.78 is 0. The van der Waals surface area contributed by atoms with Crippen molar-refractivity contribution in [2.45, 2.75) is 78.4 Å². The van der Waals surface area contributed by atoms with E-state index in [4.69, 9.17) is 0 Å². The van der Waals surface area contributed by atoms with Crippen LogP contribution in [0.2, 0.25) is 0 Å². The molecule has 0 unspecified atom stereocenters. The monoisotopic (exact) mass is 449 g/mol. The Morgan fingerprint density at radius 2 is 1.39 bits per heavy atom. The molecule has 2 aromatic rings. The summed E-state index contributed by atoms with van der Waals surface area (Å²) in [4.78, 5) is 16.9. The summed E-state index contributed by atoms with van der Waals surface area (Å²) in [5.74, 6) is 0.209. The SMILES string of the molecule is CC(C)c1cc(C#N)cc(C(C)C)c1NC(=O)N=Cc1cc(C(C)(C)O)cc(C(C)(C)O)c1. The summed E-state index contributed by atoms with van der Waals surface area (Å²) in [7, 11) is 0. The Balaban J connectivity index is 2.45. The number of hydrogen-bond acceptors (Lipinski definition) is 4. The number of rotatable bonds is 6. The van der Waals surface area contributed by atoms with Gasteiger partial charge in [0.1, 0.15) is 0 Å². The minimum atomic E-state index is -1.12. The van der Waals surface area contributed by atoms with Crippen LogP contribution in [0.4, 0.5) is 10.5 Å². The van der Waals surface area contributed by atoms with Crippen molar-refractivity contribution in [2.24, 2.45) is 4.99 Å². The van der Waals surface area contributed by atoms with Crippen LogP contribution in [-0.4, -0.2) is 22.5 Å². The summed E-state index contributed by atoms with van der Waals surface area (Å²) in [6, 6.07) is 10.5. The van der Waals surface area contributed by atoms with E-state index in [0.717, 1.165) is 11.1 Å². The molecule has 0 saturated carbocycles. The highest BCUT2D eigenvalue weighted by molar-refractivity contribution is 5.99. The van der Waals surface area contributed by atoms with Crippen LogP contribution in [0.3, 0.4) is 0 Å². The molecule has 0 bridgehead atoms. The smallest absolute Gasteiger partial charge is 0.345 e. The molecule has 6 nitrogen and oxygen atoms in total. The van der Waals surface area contributed by atoms with Crippen molar-refractivity contribution in [1.29, 1.82) is 5.26 Å². The molecule has 3 N–H and O–H groups in total. The first-order valence-corrected chi connectivity index (χ1v) is 11.2. The predicted octanol–water partition coefficient (Wildman–Crippen LogP) is 5.91. The minimum Gasteiger partial charge on any atom is -0.386 e. The maximum absolute atomic E-state index is 12.8. The molecule has 0 spiro atoms. The fraction of sp³-hybridized carbons (Fsp3) is 0.444. The van der Waals surface area contributed by atoms with Gasteiger partial charge in [0.05, 0.1) is 22.8 Å². The van der Waals surface area contributed by atoms with Gasteiger partial charge in [-0.3, -0.25) is 0 Å². The van der Waals surface area contributed by atoms with Gasteiger partial charge in [0.15, 0.2) is 0 Å². The van der Waals surface area contributed by atoms with E-state index in [1.54, 1.807) is 58.0 Å². The average molecular weight is 450 g/mol. The molecule has 0 atom stereocenters. The third-order valence-corrected chi connectivity index (χ3v) is 5.50. The first-order chi connectivity index (χ1) is 15.1. The van der Waals surface area contributed by atoms with Crippen LogP contribution in [0.5, 0.6) is 0 Å². The lowest BCUT2D eigenvalue weighted by Gasteiger charge is -2.24. The van der Waals surface area contributed by atoms with Gasteiger partial charge >= 0.3 is 6.03 Å². The second kappa shape index (κ2) is 9.86. The summed E-state index contributed by atoms with van der Waals surface area (Å²) in [6.07, 6.45) is 1.42. The van der Waals surface area contributed by atoms with Gasteiger partial charge in [-0.05, 0) is 91.6 Å². The molecule has 0 saturated heterocycles. The van der Waals surface area contributed by atoms with Gasteiger partial charge in [0.25, 0.3) is 0 Å². The van der Waals surface area contributed by atoms with E-state index in [2.05, 4.69) is 16.4 Å². The number of aliphatic hydroxyl groups is 2. The first-order valence-electron chi connectivity index (χ1n) is 11.2. The maximum Gasteiger partial charge on any atom is 0.345 e. The fourth-order valence-corrected chi connectivity index (χ4v) is 3.51. The fourth-order valence-electron chi connectivity index (χ4n) is 3.51. The molecule has 0 aliphatic carbocycles. The third kappa shape index (κ3) is 6.74. The van der Waals surface area contributed by atoms with E-state index < -0.39 is 17.2 Å². The van der Waals surface area contributed by atoms with Gasteiger partial charge in [-0.25, -0.2) is 9.79 Å². The maximum atomic E-state index is 12.8. The molecule has 0 radical (unpaired) electrons. The van der Waals surface area contributed by atoms with Crippen molar-refractivity contribution in [2.75, 3.05) is 5.32 Å². The molecule has 2 amide bonds. The van der Waals surface area contributed by atoms with Crippen molar-refractivity contribution in [3.05, 3.63) is 63.7 Å². The zero-order chi connectivity index (χ0) is 25.1. The standard InChI is InChI=1S/C27H35N3O3/c1-16(2)22-11-18(14-28)12-23(17(3)4)24(22)30-25(31)29-15-19-9-20(26(5,6)32)13-21(10-19)27(7,8)33/h9-13,15-17,32-33H,1-8H3,(H,30,31). The molecule has 0 fully saturated rings. The van der Waals surface area contributed by atoms with Crippen LogP contribution in [0.1, 0.15) is 101 Å². The van der Waals surface area contributed by atoms with E-state index in [-0.39, 0.29) is 11.8 Å². The highest BCUT2D eigenvalue weighted by atomic mass is 16.3. The molecule has 0 aliphatic heterocycles. The normalized spacial score (nSPS) is 12.5. The van der Waals surface area contributed by atoms with Gasteiger partial charge in [0, 0.05) is 11.9 Å². The second-order valence-electron chi connectivity index (χ2n) is 10.1. The molecular weight excluding hydrogens is 414 g/mol. The van der Waals surface area contributed by atoms with Crippen molar-refractivity contribution in [1.82, 2.24) is 0 Å². The average Bonchev–Trinajstić information content (AvgIpc) is 2.70. The Labute approximate surface area is 197 Å². The minimum absolute atomic E-state index is 0.105. The lowest BCUT2D eigenvalue weighted by Crippen LogP contribution is -2.21. The van der Waals surface area contributed by atoms with E-state index in [9.17, 15) is 20.3 Å². The van der Waals surface area contributed by atoms with Crippen LogP contribution in [-0.2, 0) is 11.2 Å². The number of carbonyl (C=O) groups excluding carboxylic acids is 1. The molecule has 33 heavy (non-hydrogen) atoms. The van der Waals surface area contributed by atoms with Gasteiger partial charge in [-0.15, -0.1) is 0 Å². The lowest BCUT2D eigenvalue weighted by molar-refractivity contribution is 0.0718. The molecule has 2 rings (SSSR count). The number of nitriles is 1. The van der Waals surface area contributed by atoms with Crippen LogP contribution < -0.4 is 5.32 Å². The highest BCUT2D eigenvalue weighted by Crippen LogP contribution is 2.34. The van der Waals surface area contributed by atoms with E-state index in [1.807, 2.05) is 27.7 Å². The van der Waals surface area contributed by atoms with Gasteiger partial charge in [-0.1, -0.05) is 33.8 Å². The van der Waals surface area contributed by atoms with Crippen molar-refractivity contribution in [3.8, 4) is 6.07 Å². The Bertz CT molecular complexity index is 1030. The first kappa shape index (κ1) is 26.2. The zero-order valence-corrected chi connectivity index (χ0v) is 20.8. The number of benzene rings is 2. The topological polar surface area (TPSA) is 106 Å². The molecule has 6 heteroatoms. The van der Waals surface area contributed by atoms with Gasteiger partial charge in [-0.2, -0.15) is 5.26 Å². The Morgan fingerprint density at radius 1 is 0.939 bits per heavy atom. The lowest BCUT2D eigenvalue weighted by atomic mass is 9.89. The number of nitrogens with zero attached hydrogens (tertiary/aromatic N) is 2. The molecule has 0 heterocycles. The van der Waals surface area contributed by atoms with Crippen LogP contribution in [0.15, 0.2) is 35.3 Å². The van der Waals surface area contributed by atoms with E-state index in [0.29, 0.717) is 27.9 Å². The Hall–Kier alpha value is -3.01.